The molecule has 0 rings (SSSR count). The van der Waals surface area contributed by atoms with Crippen molar-refractivity contribution < 1.29 is 28.6 Å². The summed E-state index contributed by atoms with van der Waals surface area (Å²) in [6, 6.07) is 0. The van der Waals surface area contributed by atoms with Crippen LogP contribution in [-0.4, -0.2) is 16.5 Å². The van der Waals surface area contributed by atoms with Gasteiger partial charge in [0.2, 0.25) is 0 Å². The standard InChI is InChI=1S/C5H10Cl2O.2O.V/c6-5(7)3-1-2-4-8;;;/h5,8H,1-4H2;;;. The molecule has 6 heteroatoms. The van der Waals surface area contributed by atoms with Crippen molar-refractivity contribution >= 4 is 23.2 Å². The molecule has 0 atom stereocenters. The zero-order valence-corrected chi connectivity index (χ0v) is 8.78. The summed E-state index contributed by atoms with van der Waals surface area (Å²) in [4.78, 5) is -0.262. The summed E-state index contributed by atoms with van der Waals surface area (Å²) in [6.45, 7) is 0.237. The van der Waals surface area contributed by atoms with Crippen LogP contribution in [0.4, 0.5) is 0 Å². The zero-order chi connectivity index (χ0) is 9.11. The van der Waals surface area contributed by atoms with Crippen molar-refractivity contribution in [1.29, 1.82) is 0 Å². The van der Waals surface area contributed by atoms with Crippen molar-refractivity contribution in [2.45, 2.75) is 24.1 Å². The van der Waals surface area contributed by atoms with E-state index in [1.807, 2.05) is 0 Å². The molecule has 0 heterocycles. The molecule has 0 aliphatic heterocycles. The predicted molar refractivity (Wildman–Crippen MR) is 37.8 cm³/mol. The van der Waals surface area contributed by atoms with Gasteiger partial charge in [0.05, 0.1) is 0 Å². The Morgan fingerprint density at radius 1 is 1.27 bits per heavy atom. The minimum atomic E-state index is -1.81. The van der Waals surface area contributed by atoms with Crippen molar-refractivity contribution in [3.8, 4) is 0 Å². The van der Waals surface area contributed by atoms with E-state index in [0.29, 0.717) is 0 Å². The van der Waals surface area contributed by atoms with Crippen LogP contribution in [0.5, 0.6) is 0 Å². The van der Waals surface area contributed by atoms with Gasteiger partial charge in [0.15, 0.2) is 0 Å². The summed E-state index contributed by atoms with van der Waals surface area (Å²) in [5, 5.41) is 8.29. The van der Waals surface area contributed by atoms with Crippen LogP contribution in [-0.2, 0) is 23.5 Å². The zero-order valence-electron chi connectivity index (χ0n) is 5.87. The second-order valence-corrected chi connectivity index (χ2v) is 3.19. The van der Waals surface area contributed by atoms with Gasteiger partial charge in [-0.05, 0) is 19.3 Å². The molecule has 0 saturated heterocycles. The molecule has 0 spiro atoms. The van der Waals surface area contributed by atoms with E-state index in [1.54, 1.807) is 0 Å². The molecule has 3 nitrogen and oxygen atoms in total. The van der Waals surface area contributed by atoms with Crippen molar-refractivity contribution in [2.24, 2.45) is 0 Å². The third-order valence-corrected chi connectivity index (χ3v) is 1.27. The van der Waals surface area contributed by atoms with Gasteiger partial charge in [0.25, 0.3) is 0 Å². The van der Waals surface area contributed by atoms with Crippen molar-refractivity contribution in [3.05, 3.63) is 0 Å². The fourth-order valence-electron chi connectivity index (χ4n) is 0.410. The Hall–Kier alpha value is 0.724. The molecule has 0 aliphatic rings. The number of halogens is 2. The molecule has 0 aromatic carbocycles. The fourth-order valence-corrected chi connectivity index (χ4v) is 0.719. The van der Waals surface area contributed by atoms with E-state index in [-0.39, 0.29) is 11.4 Å². The molecule has 0 radical (unpaired) electrons. The molecule has 0 fully saturated rings. The van der Waals surface area contributed by atoms with Crippen LogP contribution in [0.3, 0.4) is 0 Å². The second kappa shape index (κ2) is 13.3. The first kappa shape index (κ1) is 14.3. The molecule has 11 heavy (non-hydrogen) atoms. The molecule has 0 unspecified atom stereocenters. The Morgan fingerprint density at radius 2 is 1.73 bits per heavy atom. The van der Waals surface area contributed by atoms with Gasteiger partial charge >= 0.3 is 23.5 Å². The van der Waals surface area contributed by atoms with E-state index >= 15 is 0 Å². The average molecular weight is 240 g/mol. The summed E-state index contributed by atoms with van der Waals surface area (Å²) >= 11 is 8.98. The van der Waals surface area contributed by atoms with Gasteiger partial charge in [0, 0.05) is 6.61 Å². The maximum absolute atomic E-state index is 8.47. The van der Waals surface area contributed by atoms with E-state index in [9.17, 15) is 0 Å². The molecular weight excluding hydrogens is 230 g/mol. The van der Waals surface area contributed by atoms with Gasteiger partial charge in [0.1, 0.15) is 4.84 Å². The molecular formula is C5H10Cl2O3V. The second-order valence-electron chi connectivity index (χ2n) is 1.69. The number of aliphatic hydroxyl groups excluding tert-OH is 1. The molecule has 0 aliphatic carbocycles. The van der Waals surface area contributed by atoms with E-state index in [1.165, 1.54) is 0 Å². The first-order chi connectivity index (χ1) is 5.18. The van der Waals surface area contributed by atoms with Crippen LogP contribution in [0, 0.1) is 0 Å². The van der Waals surface area contributed by atoms with E-state index in [0.717, 1.165) is 19.3 Å². The van der Waals surface area contributed by atoms with Crippen LogP contribution in [0.15, 0.2) is 0 Å². The molecule has 0 aromatic rings. The van der Waals surface area contributed by atoms with Crippen molar-refractivity contribution in [3.63, 3.8) is 0 Å². The first-order valence-corrected chi connectivity index (χ1v) is 5.04. The topological polar surface area (TPSA) is 54.4 Å². The number of alkyl halides is 2. The Balaban J connectivity index is 0. The van der Waals surface area contributed by atoms with Gasteiger partial charge in [-0.3, -0.25) is 0 Å². The first-order valence-electron chi connectivity index (χ1n) is 3.03. The predicted octanol–water partition coefficient (Wildman–Crippen LogP) is 1.71. The maximum atomic E-state index is 8.47. The quantitative estimate of drug-likeness (QED) is 0.601. The van der Waals surface area contributed by atoms with Gasteiger partial charge in [-0.1, -0.05) is 0 Å². The number of unbranched alkanes of at least 4 members (excludes halogenated alkanes) is 1. The van der Waals surface area contributed by atoms with Gasteiger partial charge < -0.3 is 5.11 Å². The van der Waals surface area contributed by atoms with E-state index < -0.39 is 16.2 Å². The summed E-state index contributed by atoms with van der Waals surface area (Å²) in [6.07, 6.45) is 2.49. The summed E-state index contributed by atoms with van der Waals surface area (Å²) in [7, 11) is 0. The Morgan fingerprint density at radius 3 is 2.00 bits per heavy atom. The van der Waals surface area contributed by atoms with Gasteiger partial charge in [-0.2, -0.15) is 0 Å². The SMILES string of the molecule is OCCCCC(Cl)Cl.[O]=[V]=[O]. The number of aliphatic hydroxyl groups is 1. The van der Waals surface area contributed by atoms with Crippen LogP contribution in [0.1, 0.15) is 19.3 Å². The number of rotatable bonds is 4. The fraction of sp³-hybridized carbons (Fsp3) is 1.00. The Bertz CT molecular complexity index is 104. The van der Waals surface area contributed by atoms with Crippen molar-refractivity contribution in [1.82, 2.24) is 0 Å². The van der Waals surface area contributed by atoms with E-state index in [2.05, 4.69) is 0 Å². The Labute approximate surface area is 82.6 Å². The molecule has 0 saturated carbocycles. The van der Waals surface area contributed by atoms with Crippen molar-refractivity contribution in [2.75, 3.05) is 6.61 Å². The molecule has 0 aromatic heterocycles. The van der Waals surface area contributed by atoms with Gasteiger partial charge in [-0.25, -0.2) is 0 Å². The van der Waals surface area contributed by atoms with Crippen LogP contribution in [0.2, 0.25) is 0 Å². The van der Waals surface area contributed by atoms with E-state index in [4.69, 9.17) is 35.7 Å². The number of hydrogen-bond donors (Lipinski definition) is 1. The molecule has 67 valence electrons. The minimum absolute atomic E-state index is 0.237. The van der Waals surface area contributed by atoms with Gasteiger partial charge in [-0.15, -0.1) is 23.2 Å². The summed E-state index contributed by atoms with van der Waals surface area (Å²) in [5.74, 6) is 0. The third-order valence-electron chi connectivity index (χ3n) is 0.830. The molecule has 0 amide bonds. The molecule has 1 N–H and O–H groups in total. The van der Waals surface area contributed by atoms with Crippen LogP contribution in [0.25, 0.3) is 0 Å². The van der Waals surface area contributed by atoms with Crippen LogP contribution >= 0.6 is 23.2 Å². The normalized spacial score (nSPS) is 8.36. The summed E-state index contributed by atoms with van der Waals surface area (Å²) in [5.41, 5.74) is 0. The summed E-state index contributed by atoms with van der Waals surface area (Å²) < 4.78 is 16.9. The van der Waals surface area contributed by atoms with Crippen LogP contribution < -0.4 is 0 Å². The third kappa shape index (κ3) is 24.9. The number of hydrogen-bond acceptors (Lipinski definition) is 3. The monoisotopic (exact) mass is 239 g/mol. The molecule has 0 bridgehead atoms. The Kier molecular flexibility index (Phi) is 17.3. The average Bonchev–Trinajstić information content (AvgIpc) is 1.89.